The molecule has 0 saturated carbocycles. The Kier molecular flexibility index (Phi) is 7.38. The molecule has 2 aromatic rings. The van der Waals surface area contributed by atoms with Crippen LogP contribution in [0.4, 0.5) is 19.0 Å². The molecular formula is C17H18F3N5O3. The number of rotatable bonds is 4. The van der Waals surface area contributed by atoms with Crippen LogP contribution in [0.25, 0.3) is 0 Å². The Morgan fingerprint density at radius 2 is 1.96 bits per heavy atom. The molecular weight excluding hydrogens is 379 g/mol. The molecule has 2 aromatic heterocycles. The summed E-state index contributed by atoms with van der Waals surface area (Å²) in [6.45, 7) is 1.97. The van der Waals surface area contributed by atoms with E-state index in [9.17, 15) is 18.0 Å². The summed E-state index contributed by atoms with van der Waals surface area (Å²) < 4.78 is 31.7. The van der Waals surface area contributed by atoms with E-state index in [0.717, 1.165) is 30.9 Å². The number of carbonyl (C=O) groups is 2. The number of halogens is 3. The first kappa shape index (κ1) is 21.2. The molecule has 150 valence electrons. The Morgan fingerprint density at radius 1 is 1.21 bits per heavy atom. The van der Waals surface area contributed by atoms with Crippen molar-refractivity contribution in [2.75, 3.05) is 18.4 Å². The van der Waals surface area contributed by atoms with E-state index in [1.807, 2.05) is 24.3 Å². The molecule has 28 heavy (non-hydrogen) atoms. The third kappa shape index (κ3) is 6.91. The number of alkyl halides is 3. The van der Waals surface area contributed by atoms with Crippen molar-refractivity contribution in [1.29, 1.82) is 0 Å². The molecule has 8 nitrogen and oxygen atoms in total. The Morgan fingerprint density at radius 3 is 2.46 bits per heavy atom. The normalized spacial score (nSPS) is 16.0. The highest BCUT2D eigenvalue weighted by Gasteiger charge is 2.38. The van der Waals surface area contributed by atoms with E-state index < -0.39 is 12.1 Å². The van der Waals surface area contributed by atoms with E-state index in [0.29, 0.717) is 11.7 Å². The summed E-state index contributed by atoms with van der Waals surface area (Å²) in [6.07, 6.45) is -2.09. The van der Waals surface area contributed by atoms with Gasteiger partial charge in [0.2, 0.25) is 5.91 Å². The minimum atomic E-state index is -5.08. The lowest BCUT2D eigenvalue weighted by atomic mass is 10.1. The quantitative estimate of drug-likeness (QED) is 0.720. The van der Waals surface area contributed by atoms with Crippen LogP contribution in [0.15, 0.2) is 36.5 Å². The first-order chi connectivity index (χ1) is 13.3. The molecule has 0 spiro atoms. The van der Waals surface area contributed by atoms with Gasteiger partial charge in [0.25, 0.3) is 0 Å². The van der Waals surface area contributed by atoms with Crippen LogP contribution in [0.2, 0.25) is 0 Å². The van der Waals surface area contributed by atoms with Gasteiger partial charge < -0.3 is 15.7 Å². The van der Waals surface area contributed by atoms with Gasteiger partial charge in [-0.05, 0) is 37.2 Å². The third-order valence-electron chi connectivity index (χ3n) is 3.74. The topological polar surface area (TPSA) is 117 Å². The van der Waals surface area contributed by atoms with Gasteiger partial charge in [0.1, 0.15) is 0 Å². The predicted octanol–water partition coefficient (Wildman–Crippen LogP) is 1.76. The first-order valence-corrected chi connectivity index (χ1v) is 8.30. The van der Waals surface area contributed by atoms with Gasteiger partial charge in [-0.25, -0.2) is 4.79 Å². The fourth-order valence-corrected chi connectivity index (χ4v) is 2.39. The molecule has 11 heteroatoms. The van der Waals surface area contributed by atoms with Crippen LogP contribution in [0.5, 0.6) is 0 Å². The summed E-state index contributed by atoms with van der Waals surface area (Å²) in [7, 11) is 0. The van der Waals surface area contributed by atoms with Crippen molar-refractivity contribution in [3.63, 3.8) is 0 Å². The molecule has 1 fully saturated rings. The SMILES string of the molecule is O=C(Cc1ccccn1)Nc1ccc([C@@H]2CCNC2)nn1.O=C(O)C(F)(F)F. The summed E-state index contributed by atoms with van der Waals surface area (Å²) in [5.41, 5.74) is 1.71. The standard InChI is InChI=1S/C15H17N5O.C2HF3O2/c21-15(9-12-3-1-2-7-17-12)18-14-5-4-13(19-20-14)11-6-8-16-10-11;3-2(4,5)1(6)7/h1-5,7,11,16H,6,8-10H2,(H,18,20,21);(H,6,7)/t11-;/m1./s1. The number of pyridine rings is 1. The van der Waals surface area contributed by atoms with Gasteiger partial charge in [0.15, 0.2) is 5.82 Å². The number of nitrogens with zero attached hydrogens (tertiary/aromatic N) is 3. The van der Waals surface area contributed by atoms with E-state index >= 15 is 0 Å². The van der Waals surface area contributed by atoms with Crippen molar-refractivity contribution in [2.24, 2.45) is 0 Å². The van der Waals surface area contributed by atoms with Crippen molar-refractivity contribution >= 4 is 17.7 Å². The van der Waals surface area contributed by atoms with Crippen LogP contribution in [0, 0.1) is 0 Å². The maximum Gasteiger partial charge on any atom is 0.490 e. The van der Waals surface area contributed by atoms with E-state index in [2.05, 4.69) is 25.8 Å². The van der Waals surface area contributed by atoms with Gasteiger partial charge >= 0.3 is 12.1 Å². The maximum atomic E-state index is 11.9. The number of carboxylic acid groups (broad SMARTS) is 1. The summed E-state index contributed by atoms with van der Waals surface area (Å²) in [4.78, 5) is 24.9. The number of aliphatic carboxylic acids is 1. The second-order valence-electron chi connectivity index (χ2n) is 5.88. The van der Waals surface area contributed by atoms with Crippen LogP contribution < -0.4 is 10.6 Å². The van der Waals surface area contributed by atoms with Crippen LogP contribution in [-0.4, -0.2) is 51.4 Å². The fourth-order valence-electron chi connectivity index (χ4n) is 2.39. The summed E-state index contributed by atoms with van der Waals surface area (Å²) in [6, 6.07) is 9.24. The zero-order valence-corrected chi connectivity index (χ0v) is 14.6. The monoisotopic (exact) mass is 397 g/mol. The van der Waals surface area contributed by atoms with E-state index in [1.54, 1.807) is 12.3 Å². The maximum absolute atomic E-state index is 11.9. The number of carbonyl (C=O) groups excluding carboxylic acids is 1. The molecule has 1 aliphatic rings. The summed E-state index contributed by atoms with van der Waals surface area (Å²) in [5, 5.41) is 21.4. The fraction of sp³-hybridized carbons (Fsp3) is 0.353. The smallest absolute Gasteiger partial charge is 0.475 e. The average molecular weight is 397 g/mol. The van der Waals surface area contributed by atoms with Crippen LogP contribution in [0.3, 0.4) is 0 Å². The molecule has 0 bridgehead atoms. The molecule has 3 heterocycles. The highest BCUT2D eigenvalue weighted by atomic mass is 19.4. The molecule has 0 radical (unpaired) electrons. The highest BCUT2D eigenvalue weighted by molar-refractivity contribution is 5.91. The van der Waals surface area contributed by atoms with Gasteiger partial charge in [-0.15, -0.1) is 5.10 Å². The number of hydrogen-bond acceptors (Lipinski definition) is 6. The molecule has 1 amide bonds. The Bertz CT molecular complexity index is 779. The van der Waals surface area contributed by atoms with Crippen LogP contribution in [0.1, 0.15) is 23.7 Å². The third-order valence-corrected chi connectivity index (χ3v) is 3.74. The second kappa shape index (κ2) is 9.74. The van der Waals surface area contributed by atoms with Crippen molar-refractivity contribution in [2.45, 2.75) is 24.9 Å². The number of hydrogen-bond donors (Lipinski definition) is 3. The van der Waals surface area contributed by atoms with Crippen molar-refractivity contribution in [3.8, 4) is 0 Å². The first-order valence-electron chi connectivity index (χ1n) is 8.30. The number of carboxylic acids is 1. The van der Waals surface area contributed by atoms with Crippen molar-refractivity contribution < 1.29 is 27.9 Å². The highest BCUT2D eigenvalue weighted by Crippen LogP contribution is 2.20. The van der Waals surface area contributed by atoms with Crippen LogP contribution in [-0.2, 0) is 16.0 Å². The molecule has 3 N–H and O–H groups in total. The summed E-state index contributed by atoms with van der Waals surface area (Å²) in [5.74, 6) is -1.99. The minimum Gasteiger partial charge on any atom is -0.475 e. The Balaban J connectivity index is 0.000000345. The van der Waals surface area contributed by atoms with Gasteiger partial charge in [0, 0.05) is 24.4 Å². The van der Waals surface area contributed by atoms with Crippen molar-refractivity contribution in [3.05, 3.63) is 47.9 Å². The van der Waals surface area contributed by atoms with Gasteiger partial charge in [0.05, 0.1) is 12.1 Å². The molecule has 0 aromatic carbocycles. The van der Waals surface area contributed by atoms with Crippen LogP contribution >= 0.6 is 0 Å². The van der Waals surface area contributed by atoms with Gasteiger partial charge in [-0.3, -0.25) is 9.78 Å². The summed E-state index contributed by atoms with van der Waals surface area (Å²) >= 11 is 0. The Labute approximate surface area is 158 Å². The molecule has 1 saturated heterocycles. The minimum absolute atomic E-state index is 0.140. The zero-order chi connectivity index (χ0) is 20.6. The Hall–Kier alpha value is -3.08. The van der Waals surface area contributed by atoms with Gasteiger partial charge in [-0.1, -0.05) is 6.07 Å². The van der Waals surface area contributed by atoms with E-state index in [-0.39, 0.29) is 12.3 Å². The lowest BCUT2D eigenvalue weighted by Gasteiger charge is -2.08. The number of amides is 1. The number of aromatic nitrogens is 3. The van der Waals surface area contributed by atoms with Gasteiger partial charge in [-0.2, -0.15) is 18.3 Å². The number of nitrogens with one attached hydrogen (secondary N) is 2. The largest absolute Gasteiger partial charge is 0.490 e. The predicted molar refractivity (Wildman–Crippen MR) is 92.5 cm³/mol. The number of anilines is 1. The molecule has 1 aliphatic heterocycles. The molecule has 0 unspecified atom stereocenters. The zero-order valence-electron chi connectivity index (χ0n) is 14.6. The lowest BCUT2D eigenvalue weighted by molar-refractivity contribution is -0.192. The second-order valence-corrected chi connectivity index (χ2v) is 5.88. The van der Waals surface area contributed by atoms with E-state index in [4.69, 9.17) is 9.90 Å². The lowest BCUT2D eigenvalue weighted by Crippen LogP contribution is -2.21. The van der Waals surface area contributed by atoms with Crippen molar-refractivity contribution in [1.82, 2.24) is 20.5 Å². The molecule has 1 atom stereocenters. The van der Waals surface area contributed by atoms with E-state index in [1.165, 1.54) is 0 Å². The molecule has 0 aliphatic carbocycles. The average Bonchev–Trinajstić information content (AvgIpc) is 3.17. The molecule has 3 rings (SSSR count).